The van der Waals surface area contributed by atoms with E-state index in [2.05, 4.69) is 21.2 Å². The summed E-state index contributed by atoms with van der Waals surface area (Å²) in [6, 6.07) is 23.8. The summed E-state index contributed by atoms with van der Waals surface area (Å²) in [5, 5.41) is 2.89. The summed E-state index contributed by atoms with van der Waals surface area (Å²) in [4.78, 5) is 28.6. The third kappa shape index (κ3) is 9.21. The van der Waals surface area contributed by atoms with Crippen molar-refractivity contribution < 1.29 is 18.0 Å². The standard InChI is InChI=1S/C30H36BrN3O4S/c1-4-32-30(36)28(21-24-11-6-5-7-12-24)33(22-25-15-17-26(31)18-16-25)29(35)14-9-19-34(39(3,37)38)27-13-8-10-23(2)20-27/h5-8,10-13,15-18,20,28H,4,9,14,19,21-22H2,1-3H3,(H,32,36)/t28-/m0/s1. The van der Waals surface area contributed by atoms with Gasteiger partial charge in [-0.15, -0.1) is 0 Å². The second-order valence-corrected chi connectivity index (χ2v) is 12.3. The van der Waals surface area contributed by atoms with E-state index in [1.165, 1.54) is 10.6 Å². The van der Waals surface area contributed by atoms with Crippen LogP contribution in [0.5, 0.6) is 0 Å². The van der Waals surface area contributed by atoms with Crippen molar-refractivity contribution in [1.82, 2.24) is 10.2 Å². The second kappa shape index (κ2) is 14.3. The fraction of sp³-hybridized carbons (Fsp3) is 0.333. The van der Waals surface area contributed by atoms with Crippen molar-refractivity contribution in [3.63, 3.8) is 0 Å². The molecule has 0 saturated carbocycles. The zero-order valence-electron chi connectivity index (χ0n) is 22.6. The highest BCUT2D eigenvalue weighted by molar-refractivity contribution is 9.10. The summed E-state index contributed by atoms with van der Waals surface area (Å²) in [6.45, 7) is 4.62. The number of amides is 2. The molecule has 2 amide bonds. The number of carbonyl (C=O) groups is 2. The first-order chi connectivity index (χ1) is 18.6. The molecule has 0 radical (unpaired) electrons. The number of rotatable bonds is 13. The predicted molar refractivity (Wildman–Crippen MR) is 160 cm³/mol. The number of likely N-dealkylation sites (N-methyl/N-ethyl adjacent to an activating group) is 1. The van der Waals surface area contributed by atoms with Crippen molar-refractivity contribution in [2.75, 3.05) is 23.7 Å². The van der Waals surface area contributed by atoms with E-state index in [9.17, 15) is 18.0 Å². The molecule has 39 heavy (non-hydrogen) atoms. The minimum absolute atomic E-state index is 0.0963. The smallest absolute Gasteiger partial charge is 0.243 e. The summed E-state index contributed by atoms with van der Waals surface area (Å²) < 4.78 is 27.4. The molecule has 0 aliphatic carbocycles. The average molecular weight is 615 g/mol. The Hall–Kier alpha value is -3.17. The minimum Gasteiger partial charge on any atom is -0.355 e. The highest BCUT2D eigenvalue weighted by atomic mass is 79.9. The van der Waals surface area contributed by atoms with E-state index in [0.717, 1.165) is 21.2 Å². The first kappa shape index (κ1) is 30.4. The number of hydrogen-bond donors (Lipinski definition) is 1. The number of sulfonamides is 1. The van der Waals surface area contributed by atoms with Crippen molar-refractivity contribution in [3.05, 3.63) is 100 Å². The molecule has 9 heteroatoms. The van der Waals surface area contributed by atoms with Crippen LogP contribution in [0.1, 0.15) is 36.5 Å². The van der Waals surface area contributed by atoms with Gasteiger partial charge < -0.3 is 10.2 Å². The van der Waals surface area contributed by atoms with Gasteiger partial charge >= 0.3 is 0 Å². The van der Waals surface area contributed by atoms with Crippen LogP contribution in [0.4, 0.5) is 5.69 Å². The SMILES string of the molecule is CCNC(=O)[C@H](Cc1ccccc1)N(Cc1ccc(Br)cc1)C(=O)CCCN(c1cccc(C)c1)S(C)(=O)=O. The lowest BCUT2D eigenvalue weighted by molar-refractivity contribution is -0.141. The number of aryl methyl sites for hydroxylation is 1. The van der Waals surface area contributed by atoms with Gasteiger partial charge in [0.25, 0.3) is 0 Å². The van der Waals surface area contributed by atoms with Crippen LogP contribution in [0.25, 0.3) is 0 Å². The molecule has 0 aromatic heterocycles. The molecule has 0 bridgehead atoms. The lowest BCUT2D eigenvalue weighted by Crippen LogP contribution is -2.50. The van der Waals surface area contributed by atoms with E-state index < -0.39 is 16.1 Å². The first-order valence-corrected chi connectivity index (χ1v) is 15.6. The quantitative estimate of drug-likeness (QED) is 0.291. The molecule has 0 heterocycles. The van der Waals surface area contributed by atoms with Gasteiger partial charge in [0.15, 0.2) is 0 Å². The zero-order valence-corrected chi connectivity index (χ0v) is 25.0. The maximum atomic E-state index is 13.7. The molecule has 7 nitrogen and oxygen atoms in total. The number of nitrogens with one attached hydrogen (secondary N) is 1. The van der Waals surface area contributed by atoms with Gasteiger partial charge in [-0.2, -0.15) is 0 Å². The number of benzene rings is 3. The van der Waals surface area contributed by atoms with Crippen LogP contribution >= 0.6 is 15.9 Å². The fourth-order valence-electron chi connectivity index (χ4n) is 4.42. The average Bonchev–Trinajstić information content (AvgIpc) is 2.89. The normalized spacial score (nSPS) is 12.0. The topological polar surface area (TPSA) is 86.8 Å². The Morgan fingerprint density at radius 2 is 1.64 bits per heavy atom. The Bertz CT molecular complexity index is 1350. The van der Waals surface area contributed by atoms with Gasteiger partial charge in [0, 0.05) is 36.9 Å². The molecule has 3 aromatic rings. The number of nitrogens with zero attached hydrogens (tertiary/aromatic N) is 2. The third-order valence-electron chi connectivity index (χ3n) is 6.33. The number of hydrogen-bond acceptors (Lipinski definition) is 4. The van der Waals surface area contributed by atoms with Crippen LogP contribution in [0.15, 0.2) is 83.3 Å². The summed E-state index contributed by atoms with van der Waals surface area (Å²) in [5.41, 5.74) is 3.36. The lowest BCUT2D eigenvalue weighted by Gasteiger charge is -2.32. The van der Waals surface area contributed by atoms with Crippen molar-refractivity contribution in [2.24, 2.45) is 0 Å². The molecular formula is C30H36BrN3O4S. The Kier molecular flexibility index (Phi) is 11.1. The van der Waals surface area contributed by atoms with Crippen LogP contribution in [0.2, 0.25) is 0 Å². The Balaban J connectivity index is 1.85. The largest absolute Gasteiger partial charge is 0.355 e. The number of halogens is 1. The van der Waals surface area contributed by atoms with Gasteiger partial charge in [-0.3, -0.25) is 13.9 Å². The van der Waals surface area contributed by atoms with Gasteiger partial charge in [-0.1, -0.05) is 70.5 Å². The summed E-state index contributed by atoms with van der Waals surface area (Å²) in [7, 11) is -3.54. The van der Waals surface area contributed by atoms with E-state index in [-0.39, 0.29) is 31.3 Å². The van der Waals surface area contributed by atoms with E-state index in [0.29, 0.717) is 25.1 Å². The van der Waals surface area contributed by atoms with E-state index >= 15 is 0 Å². The molecule has 3 aromatic carbocycles. The summed E-state index contributed by atoms with van der Waals surface area (Å²) >= 11 is 3.45. The molecule has 1 N–H and O–H groups in total. The fourth-order valence-corrected chi connectivity index (χ4v) is 5.64. The Morgan fingerprint density at radius 3 is 2.26 bits per heavy atom. The summed E-state index contributed by atoms with van der Waals surface area (Å²) in [6.07, 6.45) is 1.94. The van der Waals surface area contributed by atoms with Crippen LogP contribution in [0, 0.1) is 6.92 Å². The summed E-state index contributed by atoms with van der Waals surface area (Å²) in [5.74, 6) is -0.424. The predicted octanol–water partition coefficient (Wildman–Crippen LogP) is 5.08. The van der Waals surface area contributed by atoms with Crippen LogP contribution in [-0.4, -0.2) is 50.5 Å². The van der Waals surface area contributed by atoms with Crippen LogP contribution in [0.3, 0.4) is 0 Å². The van der Waals surface area contributed by atoms with E-state index in [4.69, 9.17) is 0 Å². The minimum atomic E-state index is -3.54. The van der Waals surface area contributed by atoms with E-state index in [1.807, 2.05) is 86.6 Å². The van der Waals surface area contributed by atoms with Crippen molar-refractivity contribution in [2.45, 2.75) is 45.7 Å². The second-order valence-electron chi connectivity index (χ2n) is 9.53. The molecule has 1 atom stereocenters. The molecule has 0 spiro atoms. The molecule has 0 fully saturated rings. The van der Waals surface area contributed by atoms with Gasteiger partial charge in [-0.05, 0) is 61.2 Å². The molecule has 208 valence electrons. The van der Waals surface area contributed by atoms with Gasteiger partial charge in [-0.25, -0.2) is 8.42 Å². The first-order valence-electron chi connectivity index (χ1n) is 13.0. The van der Waals surface area contributed by atoms with Crippen molar-refractivity contribution in [3.8, 4) is 0 Å². The molecular weight excluding hydrogens is 578 g/mol. The van der Waals surface area contributed by atoms with Gasteiger partial charge in [0.05, 0.1) is 11.9 Å². The molecule has 0 aliphatic heterocycles. The number of anilines is 1. The zero-order chi connectivity index (χ0) is 28.4. The maximum Gasteiger partial charge on any atom is 0.243 e. The third-order valence-corrected chi connectivity index (χ3v) is 8.05. The van der Waals surface area contributed by atoms with Crippen LogP contribution < -0.4 is 9.62 Å². The Morgan fingerprint density at radius 1 is 0.949 bits per heavy atom. The monoisotopic (exact) mass is 613 g/mol. The molecule has 3 rings (SSSR count). The van der Waals surface area contributed by atoms with E-state index in [1.54, 1.807) is 11.0 Å². The molecule has 0 aliphatic rings. The highest BCUT2D eigenvalue weighted by Gasteiger charge is 2.30. The molecule has 0 unspecified atom stereocenters. The van der Waals surface area contributed by atoms with Crippen molar-refractivity contribution >= 4 is 43.5 Å². The van der Waals surface area contributed by atoms with Gasteiger partial charge in [0.2, 0.25) is 21.8 Å². The van der Waals surface area contributed by atoms with Crippen LogP contribution in [-0.2, 0) is 32.6 Å². The molecule has 0 saturated heterocycles. The maximum absolute atomic E-state index is 13.7. The van der Waals surface area contributed by atoms with Gasteiger partial charge in [0.1, 0.15) is 6.04 Å². The lowest BCUT2D eigenvalue weighted by atomic mass is 10.0. The Labute approximate surface area is 240 Å². The van der Waals surface area contributed by atoms with Crippen molar-refractivity contribution in [1.29, 1.82) is 0 Å². The number of carbonyl (C=O) groups excluding carboxylic acids is 2. The highest BCUT2D eigenvalue weighted by Crippen LogP contribution is 2.21.